The Morgan fingerprint density at radius 1 is 0.523 bits per heavy atom. The highest BCUT2D eigenvalue weighted by atomic mass is 16.4. The Morgan fingerprint density at radius 2 is 1.04 bits per heavy atom. The van der Waals surface area contributed by atoms with Crippen LogP contribution in [0.25, 0.3) is 22.3 Å². The van der Waals surface area contributed by atoms with Gasteiger partial charge in [0.2, 0.25) is 65.0 Å². The third-order valence-corrected chi connectivity index (χ3v) is 17.6. The summed E-state index contributed by atoms with van der Waals surface area (Å²) in [7, 11) is 0. The van der Waals surface area contributed by atoms with Crippen molar-refractivity contribution in [1.29, 1.82) is 0 Å². The molecule has 0 aliphatic rings. The topological polar surface area (TPSA) is 524 Å². The number of rotatable bonds is 40. The molecule has 20 N–H and O–H groups in total. The molecule has 0 aliphatic carbocycles. The highest BCUT2D eigenvalue weighted by molar-refractivity contribution is 6.01. The Bertz CT molecular complexity index is 4120. The predicted octanol–water partition coefficient (Wildman–Crippen LogP) is -1.15. The predicted molar refractivity (Wildman–Crippen MR) is 390 cm³/mol. The number of aromatic nitrogens is 2. The molecule has 0 saturated carbocycles. The lowest BCUT2D eigenvalue weighted by Gasteiger charge is -2.34. The zero-order valence-corrected chi connectivity index (χ0v) is 60.3. The van der Waals surface area contributed by atoms with Gasteiger partial charge in [0.25, 0.3) is 0 Å². The molecule has 32 heteroatoms. The third-order valence-electron chi connectivity index (χ3n) is 17.6. The number of nitrogens with one attached hydrogen (secondary N) is 11. The number of primary amides is 1. The van der Waals surface area contributed by atoms with Crippen LogP contribution >= 0.6 is 0 Å². The molecule has 32 nitrogen and oxygen atoms in total. The van der Waals surface area contributed by atoms with E-state index in [1.807, 2.05) is 74.5 Å². The Morgan fingerprint density at radius 3 is 1.59 bits per heavy atom. The van der Waals surface area contributed by atoms with Crippen molar-refractivity contribution in [1.82, 2.24) is 63.1 Å². The quantitative estimate of drug-likeness (QED) is 0.0216. The molecule has 0 radical (unpaired) electrons. The number of aryl methyl sites for hydroxylation is 3. The molecule has 0 bridgehead atoms. The summed E-state index contributed by atoms with van der Waals surface area (Å²) in [5.74, 6) is -15.6. The first-order valence-corrected chi connectivity index (χ1v) is 34.6. The number of hydrogen-bond donors (Lipinski definition) is 18. The summed E-state index contributed by atoms with van der Waals surface area (Å²) in [5, 5.41) is 75.4. The zero-order valence-electron chi connectivity index (χ0n) is 60.3. The van der Waals surface area contributed by atoms with Crippen LogP contribution in [0, 0.1) is 6.92 Å². The lowest BCUT2D eigenvalue weighted by Crippen LogP contribution is -2.67. The maximum absolute atomic E-state index is 14.6. The molecule has 0 fully saturated rings. The number of carbonyl (C=O) groups is 13. The molecule has 0 spiro atoms. The molecule has 11 amide bonds. The number of carbonyl (C=O) groups excluding carboxylic acids is 11. The van der Waals surface area contributed by atoms with Gasteiger partial charge in [-0.05, 0) is 103 Å². The number of aromatic amines is 1. The fourth-order valence-electron chi connectivity index (χ4n) is 11.5. The molecule has 572 valence electrons. The summed E-state index contributed by atoms with van der Waals surface area (Å²) in [6, 6.07) is 20.9. The number of aliphatic hydroxyl groups excluding tert-OH is 3. The zero-order chi connectivity index (χ0) is 78.8. The number of benzene rings is 5. The van der Waals surface area contributed by atoms with Gasteiger partial charge in [0, 0.05) is 37.6 Å². The minimum Gasteiger partial charge on any atom is -0.481 e. The maximum Gasteiger partial charge on any atom is 0.305 e. The van der Waals surface area contributed by atoms with E-state index in [1.165, 1.54) is 26.4 Å². The molecule has 1 heterocycles. The SMILES string of the molecule is CCc1ccc(-c2ccc(C[C@H](NC(=O)[C@H](CC(=O)O)NC(=O)[C@H](CO)NC(=O)[C@@H](NC(=O)[C@](C)(Cc3ccccc3)NC(=O)[C@@H](NC(=O)CNC(=O)[C@H](CC(=O)O)NC(=O)[C@H](C)NC(=O)[C@@H](N)Cc3cnc[nH]3)[C@@H](C)O)[C@@H](C)O)C(=O)N[C@@H](Cc3ccc(-c4ccccc4C)cc3)C(N)=O)cc2)c(CC)c1. The van der Waals surface area contributed by atoms with Gasteiger partial charge < -0.3 is 95.2 Å². The molecule has 1 aromatic heterocycles. The second-order valence-electron chi connectivity index (χ2n) is 26.2. The van der Waals surface area contributed by atoms with Gasteiger partial charge in [-0.1, -0.05) is 135 Å². The summed E-state index contributed by atoms with van der Waals surface area (Å²) in [4.78, 5) is 183. The number of amides is 11. The summed E-state index contributed by atoms with van der Waals surface area (Å²) < 4.78 is 0. The van der Waals surface area contributed by atoms with E-state index < -0.39 is 175 Å². The summed E-state index contributed by atoms with van der Waals surface area (Å²) in [5.41, 5.74) is 18.6. The van der Waals surface area contributed by atoms with Gasteiger partial charge in [-0.25, -0.2) is 4.98 Å². The van der Waals surface area contributed by atoms with Gasteiger partial charge in [-0.15, -0.1) is 0 Å². The molecule has 12 atom stereocenters. The van der Waals surface area contributed by atoms with E-state index in [2.05, 4.69) is 76.1 Å². The van der Waals surface area contributed by atoms with Crippen LogP contribution < -0.4 is 64.6 Å². The van der Waals surface area contributed by atoms with E-state index in [1.54, 1.807) is 54.6 Å². The van der Waals surface area contributed by atoms with Gasteiger partial charge in [-0.3, -0.25) is 62.3 Å². The monoisotopic (exact) mass is 1480 g/mol. The summed E-state index contributed by atoms with van der Waals surface area (Å²) >= 11 is 0. The molecule has 0 unspecified atom stereocenters. The first-order chi connectivity index (χ1) is 50.7. The Balaban J connectivity index is 1.16. The fourth-order valence-corrected chi connectivity index (χ4v) is 11.5. The number of aliphatic hydroxyl groups is 3. The van der Waals surface area contributed by atoms with E-state index in [9.17, 15) is 87.9 Å². The number of imidazole rings is 1. The van der Waals surface area contributed by atoms with Crippen molar-refractivity contribution < 1.29 is 87.9 Å². The highest BCUT2D eigenvalue weighted by Gasteiger charge is 2.42. The van der Waals surface area contributed by atoms with Crippen LogP contribution in [0.5, 0.6) is 0 Å². The minimum absolute atomic E-state index is 0.0204. The molecular weight excluding hydrogens is 1380 g/mol. The van der Waals surface area contributed by atoms with Crippen molar-refractivity contribution in [2.24, 2.45) is 11.5 Å². The second-order valence-corrected chi connectivity index (χ2v) is 26.2. The average molecular weight is 1480 g/mol. The van der Waals surface area contributed by atoms with E-state index in [4.69, 9.17) is 11.5 Å². The summed E-state index contributed by atoms with van der Waals surface area (Å²) in [6.45, 7) is 8.39. The number of hydrogen-bond acceptors (Lipinski definition) is 18. The first-order valence-electron chi connectivity index (χ1n) is 34.6. The van der Waals surface area contributed by atoms with Crippen molar-refractivity contribution in [3.8, 4) is 22.3 Å². The van der Waals surface area contributed by atoms with Crippen molar-refractivity contribution in [3.63, 3.8) is 0 Å². The number of nitrogens with two attached hydrogens (primary N) is 2. The Labute approximate surface area is 617 Å². The molecule has 0 saturated heterocycles. The largest absolute Gasteiger partial charge is 0.481 e. The minimum atomic E-state index is -2.18. The molecule has 5 aromatic carbocycles. The van der Waals surface area contributed by atoms with E-state index in [0.717, 1.165) is 65.6 Å². The van der Waals surface area contributed by atoms with Gasteiger partial charge in [0.15, 0.2) is 0 Å². The Hall–Kier alpha value is -11.7. The smallest absolute Gasteiger partial charge is 0.305 e. The van der Waals surface area contributed by atoms with Crippen LogP contribution in [0.3, 0.4) is 0 Å². The van der Waals surface area contributed by atoms with E-state index >= 15 is 0 Å². The van der Waals surface area contributed by atoms with Crippen LogP contribution in [0.2, 0.25) is 0 Å². The van der Waals surface area contributed by atoms with Gasteiger partial charge in [0.1, 0.15) is 53.9 Å². The van der Waals surface area contributed by atoms with Crippen molar-refractivity contribution in [3.05, 3.63) is 173 Å². The lowest BCUT2D eigenvalue weighted by molar-refractivity contribution is -0.142. The van der Waals surface area contributed by atoms with Crippen LogP contribution in [0.15, 0.2) is 134 Å². The van der Waals surface area contributed by atoms with E-state index in [0.29, 0.717) is 22.4 Å². The first kappa shape index (κ1) is 84.2. The number of carboxylic acid groups (broad SMARTS) is 2. The second kappa shape index (κ2) is 39.9. The van der Waals surface area contributed by atoms with Crippen LogP contribution in [-0.4, -0.2) is 198 Å². The maximum atomic E-state index is 14.6. The fraction of sp³-hybridized carbons (Fsp3) is 0.387. The lowest BCUT2D eigenvalue weighted by atomic mass is 9.90. The number of nitrogens with zero attached hydrogens (tertiary/aromatic N) is 1. The van der Waals surface area contributed by atoms with Crippen molar-refractivity contribution in [2.45, 2.75) is 172 Å². The van der Waals surface area contributed by atoms with Gasteiger partial charge in [-0.2, -0.15) is 0 Å². The average Bonchev–Trinajstić information content (AvgIpc) is 0.930. The van der Waals surface area contributed by atoms with E-state index in [-0.39, 0.29) is 25.7 Å². The molecule has 0 aliphatic heterocycles. The van der Waals surface area contributed by atoms with Gasteiger partial charge in [0.05, 0.1) is 50.6 Å². The molecular formula is C75H94N14O18. The Kier molecular flexibility index (Phi) is 31.4. The van der Waals surface area contributed by atoms with Crippen LogP contribution in [-0.2, 0) is 101 Å². The van der Waals surface area contributed by atoms with Gasteiger partial charge >= 0.3 is 11.9 Å². The third kappa shape index (κ3) is 25.2. The molecule has 6 aromatic rings. The highest BCUT2D eigenvalue weighted by Crippen LogP contribution is 2.28. The van der Waals surface area contributed by atoms with Crippen LogP contribution in [0.1, 0.15) is 93.5 Å². The van der Waals surface area contributed by atoms with Crippen molar-refractivity contribution >= 4 is 76.9 Å². The number of aliphatic carboxylic acids is 2. The normalized spacial score (nSPS) is 14.8. The number of H-pyrrole nitrogens is 1. The summed E-state index contributed by atoms with van der Waals surface area (Å²) in [6.07, 6.45) is -2.05. The standard InChI is InChI=1S/C75H94N14O18/c1-8-44-23-28-53(48(9-2)29-44)50-26-21-46(22-27-50)31-56(69(102)82-55(65(77)98)30-45-19-24-49(25-20-45)52-18-14-13-15-40(52)3)84-70(103)58(34-62(96)97)85-71(104)59(38-90)86-72(105)63(42(5)91)88-74(107)75(7,35-47-16-11-10-12-17-47)89-73(106)64(43(6)92)87-60(93)37-79-68(101)57(33-61(94)95)83-66(99)41(4)81-67(100)54(76)32-51-36-78-39-80-51/h10-29,36,39,41-43,54-59,63-64,90-92H,8-9,30-35,37-38,76H2,1-7H3,(H2,77,98)(H,78,80)(H,79,101)(H,81,100)(H,82,102)(H,83,99)(H,84,103)(H,85,104)(H,86,105)(H,87,93)(H,88,107)(H,89,106)(H,94,95)(H,96,97)/t41-,42+,43+,54-,55-,56-,57-,58-,59-,63-,64-,75-/m0/s1. The van der Waals surface area contributed by atoms with Crippen molar-refractivity contribution in [2.75, 3.05) is 13.2 Å². The van der Waals surface area contributed by atoms with Crippen LogP contribution in [0.4, 0.5) is 0 Å². The molecule has 107 heavy (non-hydrogen) atoms. The molecule has 6 rings (SSSR count). The number of carboxylic acids is 2.